The molecule has 4 aliphatic rings. The first-order valence-electron chi connectivity index (χ1n) is 10.8. The normalized spacial score (nSPS) is 26.1. The number of pyridine rings is 1. The Morgan fingerprint density at radius 2 is 1.97 bits per heavy atom. The molecule has 0 aromatic carbocycles. The second-order valence-electron chi connectivity index (χ2n) is 8.21. The van der Waals surface area contributed by atoms with Crippen molar-refractivity contribution in [2.45, 2.75) is 55.3 Å². The van der Waals surface area contributed by atoms with Gasteiger partial charge in [-0.25, -0.2) is 4.98 Å². The number of anilines is 1. The third-order valence-electron chi connectivity index (χ3n) is 6.44. The fraction of sp³-hybridized carbons (Fsp3) is 0.667. The Bertz CT molecular complexity index is 852. The molecule has 7 nitrogen and oxygen atoms in total. The summed E-state index contributed by atoms with van der Waals surface area (Å²) in [7, 11) is 0. The van der Waals surface area contributed by atoms with Gasteiger partial charge in [0.25, 0.3) is 0 Å². The first-order valence-corrected chi connectivity index (χ1v) is 11.7. The lowest BCUT2D eigenvalue weighted by Crippen LogP contribution is -2.46. The molecular weight excluding hydrogens is 386 g/mol. The molecule has 1 amide bonds. The van der Waals surface area contributed by atoms with Crippen molar-refractivity contribution in [1.82, 2.24) is 9.88 Å². The maximum atomic E-state index is 13.3. The summed E-state index contributed by atoms with van der Waals surface area (Å²) in [5.41, 5.74) is 9.72. The standard InChI is InChI=1S/C21H29N5O2S/c1-13-23-17-16-14-5-2-3-6-15(14)19(25-9-11-28-12-10-25)24-20(16)29-18(17)21(27)26(13)8-4-7-22/h17-18H,2-12,22H2,1H3. The van der Waals surface area contributed by atoms with Crippen LogP contribution in [0.15, 0.2) is 10.0 Å². The Morgan fingerprint density at radius 1 is 1.21 bits per heavy atom. The van der Waals surface area contributed by atoms with Crippen molar-refractivity contribution in [3.05, 3.63) is 16.7 Å². The van der Waals surface area contributed by atoms with Crippen molar-refractivity contribution >= 4 is 29.3 Å². The Morgan fingerprint density at radius 3 is 2.72 bits per heavy atom. The summed E-state index contributed by atoms with van der Waals surface area (Å²) in [5, 5.41) is 0.831. The number of nitrogens with two attached hydrogens (primary N) is 1. The van der Waals surface area contributed by atoms with Gasteiger partial charge in [-0.05, 0) is 56.7 Å². The van der Waals surface area contributed by atoms with Crippen molar-refractivity contribution < 1.29 is 9.53 Å². The minimum Gasteiger partial charge on any atom is -0.378 e. The van der Waals surface area contributed by atoms with Gasteiger partial charge in [0.1, 0.15) is 28.0 Å². The molecule has 3 aliphatic heterocycles. The molecule has 1 aliphatic carbocycles. The number of carbonyl (C=O) groups is 1. The number of morpholine rings is 1. The Labute approximate surface area is 176 Å². The highest BCUT2D eigenvalue weighted by molar-refractivity contribution is 8.01. The molecule has 5 rings (SSSR count). The van der Waals surface area contributed by atoms with E-state index in [1.807, 2.05) is 11.8 Å². The number of aromatic nitrogens is 1. The average Bonchev–Trinajstić information content (AvgIpc) is 3.12. The monoisotopic (exact) mass is 415 g/mol. The van der Waals surface area contributed by atoms with E-state index in [1.165, 1.54) is 29.5 Å². The van der Waals surface area contributed by atoms with Crippen LogP contribution in [0, 0.1) is 0 Å². The number of hydrogen-bond donors (Lipinski definition) is 1. The van der Waals surface area contributed by atoms with Crippen LogP contribution >= 0.6 is 11.8 Å². The van der Waals surface area contributed by atoms with Gasteiger partial charge in [0.2, 0.25) is 5.91 Å². The molecule has 29 heavy (non-hydrogen) atoms. The van der Waals surface area contributed by atoms with Gasteiger partial charge in [0.05, 0.1) is 13.2 Å². The van der Waals surface area contributed by atoms with Gasteiger partial charge in [-0.1, -0.05) is 11.8 Å². The molecule has 1 fully saturated rings. The fourth-order valence-corrected chi connectivity index (χ4v) is 6.30. The van der Waals surface area contributed by atoms with Crippen molar-refractivity contribution in [2.24, 2.45) is 10.7 Å². The summed E-state index contributed by atoms with van der Waals surface area (Å²) in [6.45, 7) is 6.47. The van der Waals surface area contributed by atoms with E-state index in [1.54, 1.807) is 11.8 Å². The molecule has 156 valence electrons. The zero-order valence-electron chi connectivity index (χ0n) is 17.0. The molecule has 0 spiro atoms. The first kappa shape index (κ1) is 19.3. The Balaban J connectivity index is 1.56. The van der Waals surface area contributed by atoms with Crippen LogP contribution in [0.2, 0.25) is 0 Å². The number of amidine groups is 1. The van der Waals surface area contributed by atoms with E-state index in [9.17, 15) is 4.79 Å². The maximum Gasteiger partial charge on any atom is 0.243 e. The zero-order chi connectivity index (χ0) is 20.0. The maximum absolute atomic E-state index is 13.3. The van der Waals surface area contributed by atoms with Crippen LogP contribution in [0.4, 0.5) is 5.82 Å². The van der Waals surface area contributed by atoms with Crippen LogP contribution < -0.4 is 10.6 Å². The third-order valence-corrected chi connectivity index (χ3v) is 7.69. The third kappa shape index (κ3) is 3.25. The summed E-state index contributed by atoms with van der Waals surface area (Å²) in [6.07, 6.45) is 5.35. The molecule has 0 bridgehead atoms. The van der Waals surface area contributed by atoms with Crippen LogP contribution in [-0.2, 0) is 22.4 Å². The molecule has 2 atom stereocenters. The minimum atomic E-state index is -0.190. The highest BCUT2D eigenvalue weighted by Crippen LogP contribution is 2.52. The summed E-state index contributed by atoms with van der Waals surface area (Å²) in [4.78, 5) is 27.6. The van der Waals surface area contributed by atoms with Gasteiger partial charge in [-0.15, -0.1) is 0 Å². The molecule has 4 heterocycles. The van der Waals surface area contributed by atoms with Crippen LogP contribution in [0.3, 0.4) is 0 Å². The van der Waals surface area contributed by atoms with E-state index in [-0.39, 0.29) is 17.2 Å². The topological polar surface area (TPSA) is 84.0 Å². The van der Waals surface area contributed by atoms with E-state index in [2.05, 4.69) is 4.90 Å². The van der Waals surface area contributed by atoms with Crippen LogP contribution in [0.5, 0.6) is 0 Å². The van der Waals surface area contributed by atoms with Gasteiger partial charge >= 0.3 is 0 Å². The molecule has 2 N–H and O–H groups in total. The Hall–Kier alpha value is -1.64. The van der Waals surface area contributed by atoms with Gasteiger partial charge in [-0.2, -0.15) is 0 Å². The van der Waals surface area contributed by atoms with Crippen molar-refractivity contribution in [2.75, 3.05) is 44.3 Å². The number of nitrogens with zero attached hydrogens (tertiary/aromatic N) is 4. The van der Waals surface area contributed by atoms with E-state index in [0.29, 0.717) is 13.1 Å². The summed E-state index contributed by atoms with van der Waals surface area (Å²) < 4.78 is 5.55. The second-order valence-corrected chi connectivity index (χ2v) is 9.34. The van der Waals surface area contributed by atoms with Crippen LogP contribution in [0.1, 0.15) is 48.9 Å². The SMILES string of the molecule is CC1=NC2c3c(nc(N4CCOCC4)c4c3CCCC4)SC2C(=O)N1CCCN. The van der Waals surface area contributed by atoms with Crippen molar-refractivity contribution in [3.63, 3.8) is 0 Å². The lowest BCUT2D eigenvalue weighted by molar-refractivity contribution is -0.127. The van der Waals surface area contributed by atoms with Crippen molar-refractivity contribution in [1.29, 1.82) is 0 Å². The van der Waals surface area contributed by atoms with Gasteiger partial charge in [0, 0.05) is 25.2 Å². The zero-order valence-corrected chi connectivity index (χ0v) is 17.8. The van der Waals surface area contributed by atoms with Gasteiger partial charge in [-0.3, -0.25) is 14.7 Å². The van der Waals surface area contributed by atoms with Crippen molar-refractivity contribution in [3.8, 4) is 0 Å². The number of hydrogen-bond acceptors (Lipinski definition) is 7. The predicted molar refractivity (Wildman–Crippen MR) is 115 cm³/mol. The quantitative estimate of drug-likeness (QED) is 0.809. The van der Waals surface area contributed by atoms with Gasteiger partial charge in [0.15, 0.2) is 0 Å². The molecule has 1 aromatic heterocycles. The molecular formula is C21H29N5O2S. The van der Waals surface area contributed by atoms with Crippen LogP contribution in [0.25, 0.3) is 0 Å². The van der Waals surface area contributed by atoms with E-state index in [4.69, 9.17) is 20.4 Å². The molecule has 8 heteroatoms. The van der Waals surface area contributed by atoms with Gasteiger partial charge < -0.3 is 15.4 Å². The number of aliphatic imine (C=N–C) groups is 1. The number of rotatable bonds is 4. The summed E-state index contributed by atoms with van der Waals surface area (Å²) in [6, 6.07) is -0.0882. The average molecular weight is 416 g/mol. The number of ether oxygens (including phenoxy) is 1. The fourth-order valence-electron chi connectivity index (χ4n) is 4.99. The summed E-state index contributed by atoms with van der Waals surface area (Å²) >= 11 is 1.62. The highest BCUT2D eigenvalue weighted by Gasteiger charge is 2.47. The molecule has 0 saturated carbocycles. The van der Waals surface area contributed by atoms with E-state index in [0.717, 1.165) is 62.2 Å². The minimum absolute atomic E-state index is 0.0882. The van der Waals surface area contributed by atoms with E-state index >= 15 is 0 Å². The molecule has 2 unspecified atom stereocenters. The molecule has 0 radical (unpaired) electrons. The number of carbonyl (C=O) groups excluding carboxylic acids is 1. The molecule has 1 saturated heterocycles. The largest absolute Gasteiger partial charge is 0.378 e. The first-order chi connectivity index (χ1) is 14.2. The number of amides is 1. The smallest absolute Gasteiger partial charge is 0.243 e. The highest BCUT2D eigenvalue weighted by atomic mass is 32.2. The lowest BCUT2D eigenvalue weighted by atomic mass is 9.85. The summed E-state index contributed by atoms with van der Waals surface area (Å²) in [5.74, 6) is 2.11. The predicted octanol–water partition coefficient (Wildman–Crippen LogP) is 1.92. The molecule has 1 aromatic rings. The lowest BCUT2D eigenvalue weighted by Gasteiger charge is -2.34. The van der Waals surface area contributed by atoms with Crippen LogP contribution in [-0.4, -0.2) is 66.3 Å². The number of thioether (sulfide) groups is 1. The number of fused-ring (bicyclic) bond motifs is 5. The Kier molecular flexibility index (Phi) is 5.26. The van der Waals surface area contributed by atoms with E-state index < -0.39 is 0 Å². The second kappa shape index (κ2) is 7.89.